The summed E-state index contributed by atoms with van der Waals surface area (Å²) in [6, 6.07) is 2.38. The van der Waals surface area contributed by atoms with E-state index in [4.69, 9.17) is 14.6 Å². The molecule has 160 valence electrons. The molecule has 1 heterocycles. The molecule has 0 aromatic rings. The minimum atomic E-state index is -0.786. The van der Waals surface area contributed by atoms with Gasteiger partial charge in [0.1, 0.15) is 0 Å². The maximum Gasteiger partial charge on any atom is 0.303 e. The van der Waals surface area contributed by atoms with E-state index in [0.29, 0.717) is 45.3 Å². The van der Waals surface area contributed by atoms with Gasteiger partial charge >= 0.3 is 5.97 Å². The van der Waals surface area contributed by atoms with Crippen LogP contribution in [-0.4, -0.2) is 35.9 Å². The summed E-state index contributed by atoms with van der Waals surface area (Å²) in [6.45, 7) is 3.14. The molecule has 0 bridgehead atoms. The van der Waals surface area contributed by atoms with Crippen molar-refractivity contribution in [1.29, 1.82) is 5.26 Å². The van der Waals surface area contributed by atoms with Crippen molar-refractivity contribution >= 4 is 11.8 Å². The first-order valence-electron chi connectivity index (χ1n) is 10.8. The molecule has 6 heteroatoms. The Balaban J connectivity index is 2.04. The Labute approximate surface area is 173 Å². The molecule has 0 aromatic carbocycles. The van der Waals surface area contributed by atoms with E-state index in [9.17, 15) is 14.9 Å². The van der Waals surface area contributed by atoms with Crippen LogP contribution < -0.4 is 0 Å². The molecule has 1 N–H and O–H groups in total. The SMILES string of the molecule is CCCCCC(=O)C=CC1C(CC=CCCCC(=O)O)C2(C[C@H]1C#N)OCCO2. The number of carbonyl (C=O) groups excluding carboxylic acids is 1. The van der Waals surface area contributed by atoms with Crippen LogP contribution in [0.5, 0.6) is 0 Å². The van der Waals surface area contributed by atoms with Crippen molar-refractivity contribution in [3.05, 3.63) is 24.3 Å². The van der Waals surface area contributed by atoms with Crippen LogP contribution in [0.2, 0.25) is 0 Å². The lowest BCUT2D eigenvalue weighted by atomic mass is 9.85. The van der Waals surface area contributed by atoms with Crippen LogP contribution in [0.25, 0.3) is 0 Å². The second-order valence-electron chi connectivity index (χ2n) is 7.91. The predicted molar refractivity (Wildman–Crippen MR) is 109 cm³/mol. The van der Waals surface area contributed by atoms with Crippen LogP contribution in [0.3, 0.4) is 0 Å². The molecule has 0 amide bonds. The number of hydrogen-bond acceptors (Lipinski definition) is 5. The zero-order valence-electron chi connectivity index (χ0n) is 17.3. The van der Waals surface area contributed by atoms with Gasteiger partial charge in [-0.05, 0) is 31.8 Å². The summed E-state index contributed by atoms with van der Waals surface area (Å²) in [5.41, 5.74) is 0. The summed E-state index contributed by atoms with van der Waals surface area (Å²) in [6.07, 6.45) is 13.8. The van der Waals surface area contributed by atoms with E-state index in [2.05, 4.69) is 13.0 Å². The number of nitriles is 1. The third-order valence-corrected chi connectivity index (χ3v) is 5.79. The molecule has 1 saturated carbocycles. The summed E-state index contributed by atoms with van der Waals surface area (Å²) in [4.78, 5) is 22.8. The van der Waals surface area contributed by atoms with E-state index in [1.54, 1.807) is 6.08 Å². The molecular weight excluding hydrogens is 370 g/mol. The highest BCUT2D eigenvalue weighted by Gasteiger charge is 2.56. The first-order valence-corrected chi connectivity index (χ1v) is 10.8. The summed E-state index contributed by atoms with van der Waals surface area (Å²) >= 11 is 0. The Hall–Kier alpha value is -1.97. The fraction of sp³-hybridized carbons (Fsp3) is 0.696. The fourth-order valence-electron chi connectivity index (χ4n) is 4.29. The van der Waals surface area contributed by atoms with Gasteiger partial charge in [0.2, 0.25) is 0 Å². The van der Waals surface area contributed by atoms with Gasteiger partial charge in [-0.1, -0.05) is 38.0 Å². The van der Waals surface area contributed by atoms with Crippen molar-refractivity contribution in [1.82, 2.24) is 0 Å². The topological polar surface area (TPSA) is 96.6 Å². The predicted octanol–water partition coefficient (Wildman–Crippen LogP) is 4.41. The van der Waals surface area contributed by atoms with E-state index < -0.39 is 11.8 Å². The largest absolute Gasteiger partial charge is 0.481 e. The number of ketones is 1. The van der Waals surface area contributed by atoms with Crippen LogP contribution >= 0.6 is 0 Å². The number of carboxylic acids is 1. The van der Waals surface area contributed by atoms with Gasteiger partial charge < -0.3 is 14.6 Å². The van der Waals surface area contributed by atoms with Gasteiger partial charge in [0.25, 0.3) is 0 Å². The number of allylic oxidation sites excluding steroid dienone is 4. The Morgan fingerprint density at radius 2 is 1.93 bits per heavy atom. The van der Waals surface area contributed by atoms with Crippen molar-refractivity contribution in [2.24, 2.45) is 17.8 Å². The Bertz CT molecular complexity index is 642. The normalized spacial score (nSPS) is 25.9. The molecule has 0 aromatic heterocycles. The molecule has 2 aliphatic rings. The highest BCUT2D eigenvalue weighted by Crippen LogP contribution is 2.51. The lowest BCUT2D eigenvalue weighted by molar-refractivity contribution is -0.184. The van der Waals surface area contributed by atoms with Crippen molar-refractivity contribution in [2.45, 2.75) is 70.5 Å². The first-order chi connectivity index (χ1) is 14.0. The van der Waals surface area contributed by atoms with Crippen molar-refractivity contribution < 1.29 is 24.2 Å². The third-order valence-electron chi connectivity index (χ3n) is 5.79. The maximum absolute atomic E-state index is 12.2. The Morgan fingerprint density at radius 3 is 2.59 bits per heavy atom. The molecule has 6 nitrogen and oxygen atoms in total. The molecule has 1 aliphatic carbocycles. The quantitative estimate of drug-likeness (QED) is 0.294. The number of nitrogens with zero attached hydrogens (tertiary/aromatic N) is 1. The lowest BCUT2D eigenvalue weighted by Crippen LogP contribution is -2.36. The molecule has 3 atom stereocenters. The number of carbonyl (C=O) groups is 2. The average Bonchev–Trinajstić information content (AvgIpc) is 3.28. The summed E-state index contributed by atoms with van der Waals surface area (Å²) < 4.78 is 11.9. The minimum Gasteiger partial charge on any atom is -0.481 e. The zero-order chi connectivity index (χ0) is 21.1. The van der Waals surface area contributed by atoms with Crippen LogP contribution in [-0.2, 0) is 19.1 Å². The zero-order valence-corrected chi connectivity index (χ0v) is 17.3. The van der Waals surface area contributed by atoms with Gasteiger partial charge in [-0.25, -0.2) is 0 Å². The number of hydrogen-bond donors (Lipinski definition) is 1. The van der Waals surface area contributed by atoms with E-state index in [0.717, 1.165) is 19.3 Å². The van der Waals surface area contributed by atoms with Crippen molar-refractivity contribution in [2.75, 3.05) is 13.2 Å². The van der Waals surface area contributed by atoms with Gasteiger partial charge in [0, 0.05) is 31.1 Å². The van der Waals surface area contributed by atoms with E-state index >= 15 is 0 Å². The van der Waals surface area contributed by atoms with E-state index in [1.807, 2.05) is 18.2 Å². The number of ether oxygens (including phenoxy) is 2. The van der Waals surface area contributed by atoms with Crippen LogP contribution in [0, 0.1) is 29.1 Å². The number of rotatable bonds is 12. The van der Waals surface area contributed by atoms with E-state index in [-0.39, 0.29) is 30.0 Å². The molecule has 1 spiro atoms. The van der Waals surface area contributed by atoms with Gasteiger partial charge in [-0.2, -0.15) is 5.26 Å². The number of carboxylic acid groups (broad SMARTS) is 1. The third kappa shape index (κ3) is 6.80. The summed E-state index contributed by atoms with van der Waals surface area (Å²) in [7, 11) is 0. The van der Waals surface area contributed by atoms with Crippen LogP contribution in [0.4, 0.5) is 0 Å². The molecule has 2 unspecified atom stereocenters. The molecule has 29 heavy (non-hydrogen) atoms. The summed E-state index contributed by atoms with van der Waals surface area (Å²) in [5.74, 6) is -1.83. The van der Waals surface area contributed by atoms with Gasteiger partial charge in [0.15, 0.2) is 11.6 Å². The molecule has 1 aliphatic heterocycles. The first kappa shape index (κ1) is 23.3. The smallest absolute Gasteiger partial charge is 0.303 e. The number of aliphatic carboxylic acids is 1. The Morgan fingerprint density at radius 1 is 1.17 bits per heavy atom. The molecule has 0 radical (unpaired) electrons. The standard InChI is InChI=1S/C23H33NO5/c1-2-3-6-9-19(25)12-13-20-18(17-24)16-23(28-14-15-29-23)21(20)10-7-4-5-8-11-22(26)27/h4,7,12-13,18,20-21H,2-3,5-6,8-11,14-16H2,1H3,(H,26,27)/t18-,20?,21?/m0/s1. The van der Waals surface area contributed by atoms with E-state index in [1.165, 1.54) is 0 Å². The highest BCUT2D eigenvalue weighted by atomic mass is 16.7. The highest BCUT2D eigenvalue weighted by molar-refractivity contribution is 5.89. The second-order valence-corrected chi connectivity index (χ2v) is 7.91. The molecule has 1 saturated heterocycles. The van der Waals surface area contributed by atoms with Crippen LogP contribution in [0.15, 0.2) is 24.3 Å². The Kier molecular flexibility index (Phi) is 9.56. The monoisotopic (exact) mass is 403 g/mol. The van der Waals surface area contributed by atoms with Gasteiger partial charge in [-0.15, -0.1) is 0 Å². The lowest BCUT2D eigenvalue weighted by Gasteiger charge is -2.30. The summed E-state index contributed by atoms with van der Waals surface area (Å²) in [5, 5.41) is 18.4. The van der Waals surface area contributed by atoms with Crippen LogP contribution in [0.1, 0.15) is 64.7 Å². The minimum absolute atomic E-state index is 0.0370. The molecular formula is C23H33NO5. The van der Waals surface area contributed by atoms with Crippen molar-refractivity contribution in [3.8, 4) is 6.07 Å². The second kappa shape index (κ2) is 11.9. The number of unbranched alkanes of at least 4 members (excludes halogenated alkanes) is 3. The molecule has 2 rings (SSSR count). The van der Waals surface area contributed by atoms with Gasteiger partial charge in [-0.3, -0.25) is 9.59 Å². The van der Waals surface area contributed by atoms with Crippen molar-refractivity contribution in [3.63, 3.8) is 0 Å². The fourth-order valence-corrected chi connectivity index (χ4v) is 4.29. The van der Waals surface area contributed by atoms with Gasteiger partial charge in [0.05, 0.1) is 25.2 Å². The maximum atomic E-state index is 12.2. The average molecular weight is 404 g/mol. The molecule has 2 fully saturated rings.